The molecule has 1 aromatic carbocycles. The number of hydrogen-bond donors (Lipinski definition) is 2. The zero-order valence-corrected chi connectivity index (χ0v) is 16.2. The highest BCUT2D eigenvalue weighted by Gasteiger charge is 2.54. The molecule has 5 nitrogen and oxygen atoms in total. The number of nitrogens with two attached hydrogens (primary N) is 1. The summed E-state index contributed by atoms with van der Waals surface area (Å²) in [5.41, 5.74) is 8.68. The maximum absolute atomic E-state index is 10.3. The van der Waals surface area contributed by atoms with Gasteiger partial charge in [0.2, 0.25) is 0 Å². The Morgan fingerprint density at radius 1 is 1.22 bits per heavy atom. The lowest BCUT2D eigenvalue weighted by Gasteiger charge is -2.48. The molecule has 2 aliphatic heterocycles. The van der Waals surface area contributed by atoms with Gasteiger partial charge < -0.3 is 15.6 Å². The maximum Gasteiger partial charge on any atom is 0.154 e. The second-order valence-corrected chi connectivity index (χ2v) is 8.93. The van der Waals surface area contributed by atoms with E-state index in [0.29, 0.717) is 16.6 Å². The average Bonchev–Trinajstić information content (AvgIpc) is 3.05. The Balaban J connectivity index is 1.66. The van der Waals surface area contributed by atoms with E-state index in [1.165, 1.54) is 0 Å². The van der Waals surface area contributed by atoms with E-state index in [1.54, 1.807) is 24.2 Å². The number of fused-ring (bicyclic) bond motifs is 4. The van der Waals surface area contributed by atoms with Gasteiger partial charge in [0.1, 0.15) is 17.4 Å². The largest absolute Gasteiger partial charge is 0.490 e. The Morgan fingerprint density at radius 3 is 2.89 bits per heavy atom. The maximum atomic E-state index is 10.3. The summed E-state index contributed by atoms with van der Waals surface area (Å²) in [7, 11) is 0. The lowest BCUT2D eigenvalue weighted by Crippen LogP contribution is -2.51. The van der Waals surface area contributed by atoms with E-state index >= 15 is 0 Å². The Bertz CT molecular complexity index is 937. The topological polar surface area (TPSA) is 80.7 Å². The van der Waals surface area contributed by atoms with Crippen molar-refractivity contribution >= 4 is 28.5 Å². The third-order valence-electron chi connectivity index (χ3n) is 5.88. The molecule has 0 amide bonds. The minimum absolute atomic E-state index is 0.0647. The number of aromatic nitrogens is 1. The Labute approximate surface area is 167 Å². The van der Waals surface area contributed by atoms with Gasteiger partial charge in [-0.15, -0.1) is 0 Å². The van der Waals surface area contributed by atoms with Crippen LogP contribution in [0.25, 0.3) is 11.1 Å². The van der Waals surface area contributed by atoms with Crippen LogP contribution >= 0.6 is 23.4 Å². The van der Waals surface area contributed by atoms with Gasteiger partial charge in [-0.1, -0.05) is 29.4 Å². The summed E-state index contributed by atoms with van der Waals surface area (Å²) in [5, 5.41) is 11.5. The van der Waals surface area contributed by atoms with Gasteiger partial charge >= 0.3 is 0 Å². The number of nitrogens with zero attached hydrogens (tertiary/aromatic N) is 2. The molecular weight excluding hydrogens is 382 g/mol. The van der Waals surface area contributed by atoms with Crippen molar-refractivity contribution in [3.8, 4) is 16.9 Å². The number of thioether (sulfide) groups is 1. The van der Waals surface area contributed by atoms with Crippen LogP contribution in [0.15, 0.2) is 41.7 Å². The van der Waals surface area contributed by atoms with Crippen LogP contribution in [0.5, 0.6) is 5.75 Å². The van der Waals surface area contributed by atoms with Crippen molar-refractivity contribution in [2.45, 2.75) is 37.0 Å². The molecular formula is C20H20ClN3O2S. The molecule has 0 radical (unpaired) electrons. The molecule has 2 aromatic rings. The number of aliphatic hydroxyl groups is 1. The first-order valence-electron chi connectivity index (χ1n) is 9.13. The fourth-order valence-corrected chi connectivity index (χ4v) is 5.82. The summed E-state index contributed by atoms with van der Waals surface area (Å²) >= 11 is 7.71. The molecule has 1 saturated carbocycles. The first kappa shape index (κ1) is 17.3. The number of hydrogen-bond acceptors (Lipinski definition) is 6. The molecule has 7 heteroatoms. The zero-order chi connectivity index (χ0) is 18.6. The number of ether oxygens (including phenoxy) is 1. The summed E-state index contributed by atoms with van der Waals surface area (Å²) in [6, 6.07) is 8.08. The Morgan fingerprint density at radius 2 is 2.11 bits per heavy atom. The summed E-state index contributed by atoms with van der Waals surface area (Å²) in [5.74, 6) is 1.76. The molecule has 4 atom stereocenters. The number of amidine groups is 1. The fourth-order valence-electron chi connectivity index (χ4n) is 4.62. The third kappa shape index (κ3) is 2.82. The molecule has 0 saturated heterocycles. The number of aliphatic imine (C=N–C) groups is 1. The number of pyridine rings is 1. The summed E-state index contributed by atoms with van der Waals surface area (Å²) in [6.45, 7) is 0. The molecule has 3 N–H and O–H groups in total. The standard InChI is InChI=1S/C20H20ClN3O2S/c21-13-5-12(8-23-9-13)11-1-3-17-15(6-11)20(10-27-19(22)24-20)16-7-14(25)2-4-18(16)26-17/h1,3,5-6,8-9,14,16,18,25H,2,4,7,10H2,(H2,22,24)/t14?,16-,18-,20-/m0/s1. The van der Waals surface area contributed by atoms with Gasteiger partial charge in [-0.25, -0.2) is 4.99 Å². The van der Waals surface area contributed by atoms with Gasteiger partial charge in [0.25, 0.3) is 0 Å². The van der Waals surface area contributed by atoms with Crippen LogP contribution in [0.3, 0.4) is 0 Å². The van der Waals surface area contributed by atoms with Gasteiger partial charge in [-0.2, -0.15) is 0 Å². The van der Waals surface area contributed by atoms with Crippen LogP contribution in [-0.4, -0.2) is 33.2 Å². The second kappa shape index (κ2) is 6.40. The van der Waals surface area contributed by atoms with Crippen molar-refractivity contribution in [2.75, 3.05) is 5.75 Å². The van der Waals surface area contributed by atoms with E-state index in [4.69, 9.17) is 27.1 Å². The SMILES string of the molecule is NC1=N[C@@]2(CS1)c1cc(-c3cncc(Cl)c3)ccc1O[C@H]1CCC(O)C[C@@H]12. The van der Waals surface area contributed by atoms with Crippen molar-refractivity contribution in [3.05, 3.63) is 47.2 Å². The number of rotatable bonds is 1. The molecule has 1 fully saturated rings. The molecule has 0 bridgehead atoms. The quantitative estimate of drug-likeness (QED) is 0.763. The predicted molar refractivity (Wildman–Crippen MR) is 108 cm³/mol. The average molecular weight is 402 g/mol. The van der Waals surface area contributed by atoms with Gasteiger partial charge in [-0.3, -0.25) is 4.98 Å². The normalized spacial score (nSPS) is 31.8. The lowest BCUT2D eigenvalue weighted by molar-refractivity contribution is -0.0236. The molecule has 3 heterocycles. The fraction of sp³-hybridized carbons (Fsp3) is 0.400. The van der Waals surface area contributed by atoms with Crippen LogP contribution < -0.4 is 10.5 Å². The first-order valence-corrected chi connectivity index (χ1v) is 10.5. The van der Waals surface area contributed by atoms with Gasteiger partial charge in [0.05, 0.1) is 11.1 Å². The molecule has 1 aliphatic carbocycles. The monoisotopic (exact) mass is 401 g/mol. The first-order chi connectivity index (χ1) is 13.0. The lowest BCUT2D eigenvalue weighted by atomic mass is 9.68. The molecule has 1 spiro atoms. The van der Waals surface area contributed by atoms with Crippen LogP contribution in [0.2, 0.25) is 5.02 Å². The highest BCUT2D eigenvalue weighted by molar-refractivity contribution is 8.14. The Hall–Kier alpha value is -1.76. The van der Waals surface area contributed by atoms with Gasteiger partial charge in [0.15, 0.2) is 5.17 Å². The van der Waals surface area contributed by atoms with E-state index in [-0.39, 0.29) is 18.1 Å². The van der Waals surface area contributed by atoms with Gasteiger partial charge in [-0.05, 0) is 43.0 Å². The number of halogens is 1. The highest BCUT2D eigenvalue weighted by atomic mass is 35.5. The van der Waals surface area contributed by atoms with Crippen molar-refractivity contribution < 1.29 is 9.84 Å². The minimum atomic E-state index is -0.448. The molecule has 1 unspecified atom stereocenters. The molecule has 27 heavy (non-hydrogen) atoms. The summed E-state index contributed by atoms with van der Waals surface area (Å²) in [4.78, 5) is 9.12. The number of benzene rings is 1. The van der Waals surface area contributed by atoms with Crippen molar-refractivity contribution in [1.29, 1.82) is 0 Å². The van der Waals surface area contributed by atoms with E-state index in [1.807, 2.05) is 18.2 Å². The van der Waals surface area contributed by atoms with Crippen LogP contribution in [0, 0.1) is 5.92 Å². The Kier molecular flexibility index (Phi) is 4.11. The number of aliphatic hydroxyl groups excluding tert-OH is 1. The minimum Gasteiger partial charge on any atom is -0.490 e. The zero-order valence-electron chi connectivity index (χ0n) is 14.6. The molecule has 5 rings (SSSR count). The summed E-state index contributed by atoms with van der Waals surface area (Å²) in [6.07, 6.45) is 5.48. The van der Waals surface area contributed by atoms with E-state index in [0.717, 1.165) is 41.0 Å². The molecule has 140 valence electrons. The predicted octanol–water partition coefficient (Wildman–Crippen LogP) is 3.58. The van der Waals surface area contributed by atoms with Crippen molar-refractivity contribution in [2.24, 2.45) is 16.6 Å². The van der Waals surface area contributed by atoms with E-state index < -0.39 is 5.54 Å². The highest BCUT2D eigenvalue weighted by Crippen LogP contribution is 2.54. The summed E-state index contributed by atoms with van der Waals surface area (Å²) < 4.78 is 6.35. The third-order valence-corrected chi connectivity index (χ3v) is 7.06. The molecule has 1 aromatic heterocycles. The van der Waals surface area contributed by atoms with Gasteiger partial charge in [0, 0.05) is 35.2 Å². The molecule has 3 aliphatic rings. The van der Waals surface area contributed by atoms with E-state index in [9.17, 15) is 5.11 Å². The smallest absolute Gasteiger partial charge is 0.154 e. The van der Waals surface area contributed by atoms with Crippen LogP contribution in [0.1, 0.15) is 24.8 Å². The van der Waals surface area contributed by atoms with Crippen molar-refractivity contribution in [1.82, 2.24) is 4.98 Å². The van der Waals surface area contributed by atoms with Crippen LogP contribution in [-0.2, 0) is 5.54 Å². The van der Waals surface area contributed by atoms with Crippen LogP contribution in [0.4, 0.5) is 0 Å². The second-order valence-electron chi connectivity index (χ2n) is 7.50. The van der Waals surface area contributed by atoms with Crippen molar-refractivity contribution in [3.63, 3.8) is 0 Å². The van der Waals surface area contributed by atoms with E-state index in [2.05, 4.69) is 11.1 Å².